The van der Waals surface area contributed by atoms with Gasteiger partial charge in [-0.25, -0.2) is 5.48 Å². The highest BCUT2D eigenvalue weighted by Gasteiger charge is 2.19. The van der Waals surface area contributed by atoms with E-state index in [2.05, 4.69) is 32.8 Å². The fourth-order valence-corrected chi connectivity index (χ4v) is 3.07. The molecule has 0 bridgehead atoms. The van der Waals surface area contributed by atoms with Gasteiger partial charge >= 0.3 is 0 Å². The molecule has 0 spiro atoms. The Morgan fingerprint density at radius 3 is 2.22 bits per heavy atom. The number of aromatic nitrogens is 1. The van der Waals surface area contributed by atoms with Crippen molar-refractivity contribution in [3.8, 4) is 11.8 Å². The van der Waals surface area contributed by atoms with Gasteiger partial charge in [-0.1, -0.05) is 17.9 Å². The van der Waals surface area contributed by atoms with Gasteiger partial charge in [-0.3, -0.25) is 24.6 Å². The molecule has 0 saturated carbocycles. The standard InChI is InChI=1S/C26H26N6O4/c27-14-23(26(35)32-36)31-25(34)21-9-5-18(6-10-21)3-4-19-7-11-22(12-8-19)30-24(33)17-29-16-20-2-1-13-28-15-20/h1-2,5-13,15,23,29,36H,14,16-17,27H2,(H,30,33)(H,31,34)(H,32,35)/t23-/m0/s1. The van der Waals surface area contributed by atoms with Crippen molar-refractivity contribution in [3.05, 3.63) is 95.3 Å². The van der Waals surface area contributed by atoms with E-state index in [1.54, 1.807) is 60.9 Å². The van der Waals surface area contributed by atoms with Crippen LogP contribution in [0.4, 0.5) is 5.69 Å². The number of carbonyl (C=O) groups is 3. The smallest absolute Gasteiger partial charge is 0.267 e. The second kappa shape index (κ2) is 13.4. The van der Waals surface area contributed by atoms with E-state index in [0.717, 1.165) is 11.1 Å². The minimum Gasteiger partial charge on any atom is -0.339 e. The summed E-state index contributed by atoms with van der Waals surface area (Å²) in [5.74, 6) is 4.58. The average Bonchev–Trinajstić information content (AvgIpc) is 2.91. The van der Waals surface area contributed by atoms with E-state index in [4.69, 9.17) is 10.9 Å². The maximum absolute atomic E-state index is 12.3. The van der Waals surface area contributed by atoms with Crippen LogP contribution < -0.4 is 27.2 Å². The molecular formula is C26H26N6O4. The van der Waals surface area contributed by atoms with Gasteiger partial charge in [-0.15, -0.1) is 0 Å². The Morgan fingerprint density at radius 1 is 0.972 bits per heavy atom. The zero-order valence-corrected chi connectivity index (χ0v) is 19.3. The van der Waals surface area contributed by atoms with Gasteiger partial charge in [0.1, 0.15) is 6.04 Å². The summed E-state index contributed by atoms with van der Waals surface area (Å²) in [5.41, 5.74) is 10.3. The highest BCUT2D eigenvalue weighted by molar-refractivity contribution is 5.97. The van der Waals surface area contributed by atoms with E-state index in [9.17, 15) is 14.4 Å². The highest BCUT2D eigenvalue weighted by atomic mass is 16.5. The molecule has 3 rings (SSSR count). The molecule has 36 heavy (non-hydrogen) atoms. The lowest BCUT2D eigenvalue weighted by Crippen LogP contribution is -2.50. The molecule has 0 unspecified atom stereocenters. The molecular weight excluding hydrogens is 460 g/mol. The van der Waals surface area contributed by atoms with E-state index in [1.165, 1.54) is 5.48 Å². The third-order valence-corrected chi connectivity index (χ3v) is 4.97. The molecule has 2 aromatic carbocycles. The Labute approximate surface area is 208 Å². The zero-order chi connectivity index (χ0) is 25.8. The van der Waals surface area contributed by atoms with Crippen molar-refractivity contribution < 1.29 is 19.6 Å². The minimum atomic E-state index is -1.04. The molecule has 7 N–H and O–H groups in total. The summed E-state index contributed by atoms with van der Waals surface area (Å²) in [6.07, 6.45) is 3.44. The van der Waals surface area contributed by atoms with Crippen LogP contribution in [0.5, 0.6) is 0 Å². The molecule has 0 radical (unpaired) electrons. The number of nitrogens with two attached hydrogens (primary N) is 1. The quantitative estimate of drug-likeness (QED) is 0.148. The highest BCUT2D eigenvalue weighted by Crippen LogP contribution is 2.09. The summed E-state index contributed by atoms with van der Waals surface area (Å²) in [6, 6.07) is 16.4. The SMILES string of the molecule is NC[C@H](NC(=O)c1ccc(C#Cc2ccc(NC(=O)CNCc3cccnc3)cc2)cc1)C(=O)NO. The molecule has 0 aliphatic carbocycles. The van der Waals surface area contributed by atoms with Crippen LogP contribution in [0.15, 0.2) is 73.1 Å². The van der Waals surface area contributed by atoms with Gasteiger partial charge in [0, 0.05) is 47.9 Å². The number of hydrogen-bond acceptors (Lipinski definition) is 7. The third-order valence-electron chi connectivity index (χ3n) is 4.97. The summed E-state index contributed by atoms with van der Waals surface area (Å²) in [6.45, 7) is 0.565. The monoisotopic (exact) mass is 486 g/mol. The molecule has 1 aromatic heterocycles. The fraction of sp³-hybridized carbons (Fsp3) is 0.154. The Balaban J connectivity index is 1.49. The van der Waals surface area contributed by atoms with Gasteiger partial charge in [0.15, 0.2) is 0 Å². The molecule has 3 amide bonds. The summed E-state index contributed by atoms with van der Waals surface area (Å²) in [5, 5.41) is 17.0. The van der Waals surface area contributed by atoms with Crippen LogP contribution in [0.25, 0.3) is 0 Å². The van der Waals surface area contributed by atoms with Gasteiger partial charge in [-0.05, 0) is 60.2 Å². The first-order chi connectivity index (χ1) is 17.5. The van der Waals surface area contributed by atoms with Crippen LogP contribution in [0.1, 0.15) is 27.0 Å². The lowest BCUT2D eigenvalue weighted by Gasteiger charge is -2.14. The maximum atomic E-state index is 12.3. The first-order valence-corrected chi connectivity index (χ1v) is 11.0. The number of hydroxylamine groups is 1. The zero-order valence-electron chi connectivity index (χ0n) is 19.3. The summed E-state index contributed by atoms with van der Waals surface area (Å²) in [7, 11) is 0. The summed E-state index contributed by atoms with van der Waals surface area (Å²) < 4.78 is 0. The molecule has 10 nitrogen and oxygen atoms in total. The molecule has 10 heteroatoms. The molecule has 0 aliphatic heterocycles. The van der Waals surface area contributed by atoms with Crippen LogP contribution in [0.2, 0.25) is 0 Å². The topological polar surface area (TPSA) is 158 Å². The van der Waals surface area contributed by atoms with Gasteiger partial charge in [0.05, 0.1) is 6.54 Å². The third kappa shape index (κ3) is 8.03. The molecule has 0 fully saturated rings. The number of nitrogens with one attached hydrogen (secondary N) is 4. The molecule has 184 valence electrons. The van der Waals surface area contributed by atoms with Gasteiger partial charge < -0.3 is 21.7 Å². The summed E-state index contributed by atoms with van der Waals surface area (Å²) >= 11 is 0. The van der Waals surface area contributed by atoms with Gasteiger partial charge in [0.25, 0.3) is 11.8 Å². The first-order valence-electron chi connectivity index (χ1n) is 11.0. The van der Waals surface area contributed by atoms with E-state index in [1.807, 2.05) is 12.1 Å². The fourth-order valence-electron chi connectivity index (χ4n) is 3.07. The summed E-state index contributed by atoms with van der Waals surface area (Å²) in [4.78, 5) is 39.9. The van der Waals surface area contributed by atoms with Crippen molar-refractivity contribution in [2.24, 2.45) is 5.73 Å². The van der Waals surface area contributed by atoms with Crippen molar-refractivity contribution in [2.45, 2.75) is 12.6 Å². The minimum absolute atomic E-state index is 0.156. The van der Waals surface area contributed by atoms with Gasteiger partial charge in [-0.2, -0.15) is 0 Å². The number of pyridine rings is 1. The Bertz CT molecular complexity index is 1240. The molecule has 0 aliphatic rings. The van der Waals surface area contributed by atoms with Crippen molar-refractivity contribution >= 4 is 23.4 Å². The van der Waals surface area contributed by atoms with Crippen LogP contribution in [0.3, 0.4) is 0 Å². The average molecular weight is 487 g/mol. The van der Waals surface area contributed by atoms with Crippen LogP contribution in [0, 0.1) is 11.8 Å². The van der Waals surface area contributed by atoms with Crippen LogP contribution in [-0.2, 0) is 16.1 Å². The van der Waals surface area contributed by atoms with Crippen molar-refractivity contribution in [1.82, 2.24) is 21.1 Å². The predicted octanol–water partition coefficient (Wildman–Crippen LogP) is 0.772. The normalized spacial score (nSPS) is 10.9. The van der Waals surface area contributed by atoms with E-state index in [0.29, 0.717) is 23.4 Å². The number of rotatable bonds is 9. The van der Waals surface area contributed by atoms with Crippen molar-refractivity contribution in [1.29, 1.82) is 0 Å². The molecule has 1 heterocycles. The number of amides is 3. The number of carbonyl (C=O) groups excluding carboxylic acids is 3. The lowest BCUT2D eigenvalue weighted by atomic mass is 10.1. The van der Waals surface area contributed by atoms with Crippen LogP contribution in [-0.4, -0.2) is 47.0 Å². The second-order valence-electron chi connectivity index (χ2n) is 7.66. The van der Waals surface area contributed by atoms with E-state index in [-0.39, 0.29) is 19.0 Å². The molecule has 3 aromatic rings. The van der Waals surface area contributed by atoms with Gasteiger partial charge in [0.2, 0.25) is 5.91 Å². The maximum Gasteiger partial charge on any atom is 0.267 e. The van der Waals surface area contributed by atoms with Crippen molar-refractivity contribution in [3.63, 3.8) is 0 Å². The van der Waals surface area contributed by atoms with E-state index >= 15 is 0 Å². The Morgan fingerprint density at radius 2 is 1.64 bits per heavy atom. The first kappa shape index (κ1) is 26.1. The molecule has 0 saturated heterocycles. The second-order valence-corrected chi connectivity index (χ2v) is 7.66. The Hall–Kier alpha value is -4.56. The molecule has 1 atom stereocenters. The predicted molar refractivity (Wildman–Crippen MR) is 134 cm³/mol. The van der Waals surface area contributed by atoms with Crippen LogP contribution >= 0.6 is 0 Å². The lowest BCUT2D eigenvalue weighted by molar-refractivity contribution is -0.130. The van der Waals surface area contributed by atoms with Crippen molar-refractivity contribution in [2.75, 3.05) is 18.4 Å². The van der Waals surface area contributed by atoms with E-state index < -0.39 is 17.9 Å². The Kier molecular flexibility index (Phi) is 9.67. The number of benzene rings is 2. The largest absolute Gasteiger partial charge is 0.339 e. The number of nitrogens with zero attached hydrogens (tertiary/aromatic N) is 1. The number of anilines is 1. The number of hydrogen-bond donors (Lipinski definition) is 6.